The van der Waals surface area contributed by atoms with Gasteiger partial charge < -0.3 is 20.4 Å². The molecule has 0 bridgehead atoms. The average molecular weight is 284 g/mol. The number of hydrogen-bond donors (Lipinski definition) is 4. The summed E-state index contributed by atoms with van der Waals surface area (Å²) >= 11 is 0. The Hall–Kier alpha value is -2.60. The van der Waals surface area contributed by atoms with Crippen molar-refractivity contribution in [2.45, 2.75) is 19.5 Å². The zero-order valence-electron chi connectivity index (χ0n) is 11.6. The Morgan fingerprint density at radius 3 is 2.81 bits per heavy atom. The van der Waals surface area contributed by atoms with Crippen LogP contribution in [0.1, 0.15) is 24.2 Å². The van der Waals surface area contributed by atoms with Crippen LogP contribution in [0.4, 0.5) is 0 Å². The summed E-state index contributed by atoms with van der Waals surface area (Å²) in [6, 6.07) is 9.33. The van der Waals surface area contributed by atoms with Gasteiger partial charge in [0.1, 0.15) is 5.75 Å². The van der Waals surface area contributed by atoms with Crippen LogP contribution in [-0.2, 0) is 6.54 Å². The largest absolute Gasteiger partial charge is 0.506 e. The Labute approximate surface area is 120 Å². The molecule has 4 N–H and O–H groups in total. The third-order valence-electron chi connectivity index (χ3n) is 3.44. The minimum atomic E-state index is -0.198. The van der Waals surface area contributed by atoms with Gasteiger partial charge in [-0.2, -0.15) is 0 Å². The van der Waals surface area contributed by atoms with Crippen molar-refractivity contribution in [3.05, 3.63) is 58.3 Å². The van der Waals surface area contributed by atoms with E-state index in [0.717, 1.165) is 22.3 Å². The lowest BCUT2D eigenvalue weighted by atomic mass is 10.1. The first-order valence-electron chi connectivity index (χ1n) is 6.71. The van der Waals surface area contributed by atoms with Gasteiger partial charge in [-0.25, -0.2) is 4.79 Å². The lowest BCUT2D eigenvalue weighted by Crippen LogP contribution is -2.18. The first kappa shape index (κ1) is 13.4. The molecular weight excluding hydrogens is 268 g/mol. The maximum atomic E-state index is 11.3. The fraction of sp³-hybridized carbons (Fsp3) is 0.200. The van der Waals surface area contributed by atoms with Gasteiger partial charge in [0, 0.05) is 12.6 Å². The zero-order chi connectivity index (χ0) is 14.8. The van der Waals surface area contributed by atoms with E-state index < -0.39 is 0 Å². The third-order valence-corrected chi connectivity index (χ3v) is 3.44. The minimum absolute atomic E-state index is 0.114. The highest BCUT2D eigenvalue weighted by atomic mass is 16.3. The second-order valence-electron chi connectivity index (χ2n) is 4.99. The van der Waals surface area contributed by atoms with Crippen LogP contribution in [0.5, 0.6) is 5.75 Å². The van der Waals surface area contributed by atoms with Crippen LogP contribution in [0.15, 0.2) is 41.3 Å². The highest BCUT2D eigenvalue weighted by Gasteiger charge is 2.07. The van der Waals surface area contributed by atoms with Crippen LogP contribution < -0.4 is 11.0 Å². The van der Waals surface area contributed by atoms with Gasteiger partial charge in [0.15, 0.2) is 0 Å². The molecule has 6 heteroatoms. The van der Waals surface area contributed by atoms with Gasteiger partial charge in [-0.1, -0.05) is 6.07 Å². The van der Waals surface area contributed by atoms with Crippen molar-refractivity contribution < 1.29 is 5.11 Å². The summed E-state index contributed by atoms with van der Waals surface area (Å²) < 4.78 is 0. The SMILES string of the molecule is CC(NCc1ccc(O)cn1)c1ccc2[nH]c(=O)[nH]c2c1. The number of aromatic nitrogens is 3. The fourth-order valence-corrected chi connectivity index (χ4v) is 2.22. The Kier molecular flexibility index (Phi) is 3.45. The lowest BCUT2D eigenvalue weighted by molar-refractivity contribution is 0.471. The van der Waals surface area contributed by atoms with E-state index in [9.17, 15) is 9.90 Å². The fourth-order valence-electron chi connectivity index (χ4n) is 2.22. The van der Waals surface area contributed by atoms with Gasteiger partial charge in [-0.3, -0.25) is 4.98 Å². The molecule has 0 aliphatic heterocycles. The highest BCUT2D eigenvalue weighted by molar-refractivity contribution is 5.75. The molecule has 0 aliphatic rings. The summed E-state index contributed by atoms with van der Waals surface area (Å²) in [5.41, 5.74) is 3.34. The predicted octanol–water partition coefficient (Wildman–Crippen LogP) is 1.81. The molecule has 2 aromatic heterocycles. The van der Waals surface area contributed by atoms with Crippen molar-refractivity contribution in [3.8, 4) is 5.75 Å². The molecule has 1 unspecified atom stereocenters. The molecule has 108 valence electrons. The number of rotatable bonds is 4. The number of aromatic amines is 2. The van der Waals surface area contributed by atoms with E-state index in [4.69, 9.17) is 0 Å². The van der Waals surface area contributed by atoms with Crippen molar-refractivity contribution in [1.82, 2.24) is 20.3 Å². The van der Waals surface area contributed by atoms with Crippen molar-refractivity contribution in [2.75, 3.05) is 0 Å². The molecule has 0 amide bonds. The molecular formula is C15H16N4O2. The number of H-pyrrole nitrogens is 2. The number of aromatic hydroxyl groups is 1. The Morgan fingerprint density at radius 2 is 2.05 bits per heavy atom. The maximum Gasteiger partial charge on any atom is 0.323 e. The third kappa shape index (κ3) is 2.95. The van der Waals surface area contributed by atoms with Crippen molar-refractivity contribution in [3.63, 3.8) is 0 Å². The molecule has 0 radical (unpaired) electrons. The molecule has 21 heavy (non-hydrogen) atoms. The van der Waals surface area contributed by atoms with E-state index in [1.54, 1.807) is 12.1 Å². The lowest BCUT2D eigenvalue weighted by Gasteiger charge is -2.14. The standard InChI is InChI=1S/C15H16N4O2/c1-9(16-7-11-3-4-12(20)8-17-11)10-2-5-13-14(6-10)19-15(21)18-13/h2-6,8-9,16,20H,7H2,1H3,(H2,18,19,21). The molecule has 1 aromatic carbocycles. The van der Waals surface area contributed by atoms with Gasteiger partial charge in [0.05, 0.1) is 22.9 Å². The first-order valence-corrected chi connectivity index (χ1v) is 6.71. The van der Waals surface area contributed by atoms with Gasteiger partial charge in [-0.15, -0.1) is 0 Å². The quantitative estimate of drug-likeness (QED) is 0.587. The number of pyridine rings is 1. The van der Waals surface area contributed by atoms with Gasteiger partial charge in [0.2, 0.25) is 0 Å². The normalized spacial score (nSPS) is 12.6. The van der Waals surface area contributed by atoms with Crippen LogP contribution in [0.25, 0.3) is 11.0 Å². The zero-order valence-corrected chi connectivity index (χ0v) is 11.6. The number of benzene rings is 1. The summed E-state index contributed by atoms with van der Waals surface area (Å²) in [7, 11) is 0. The topological polar surface area (TPSA) is 93.8 Å². The monoisotopic (exact) mass is 284 g/mol. The van der Waals surface area contributed by atoms with E-state index >= 15 is 0 Å². The highest BCUT2D eigenvalue weighted by Crippen LogP contribution is 2.17. The maximum absolute atomic E-state index is 11.3. The molecule has 3 aromatic rings. The second kappa shape index (κ2) is 5.41. The summed E-state index contributed by atoms with van der Waals surface area (Å²) in [4.78, 5) is 20.9. The summed E-state index contributed by atoms with van der Waals surface area (Å²) in [6.45, 7) is 2.65. The molecule has 0 aliphatic carbocycles. The molecule has 1 atom stereocenters. The van der Waals surface area contributed by atoms with Crippen LogP contribution >= 0.6 is 0 Å². The van der Waals surface area contributed by atoms with Gasteiger partial charge >= 0.3 is 5.69 Å². The average Bonchev–Trinajstić information content (AvgIpc) is 2.85. The van der Waals surface area contributed by atoms with Crippen LogP contribution in [0.3, 0.4) is 0 Å². The smallest absolute Gasteiger partial charge is 0.323 e. The van der Waals surface area contributed by atoms with E-state index in [-0.39, 0.29) is 17.5 Å². The number of nitrogens with one attached hydrogen (secondary N) is 3. The van der Waals surface area contributed by atoms with E-state index in [1.165, 1.54) is 6.20 Å². The Bertz CT molecular complexity index is 804. The van der Waals surface area contributed by atoms with Gasteiger partial charge in [0.25, 0.3) is 0 Å². The summed E-state index contributed by atoms with van der Waals surface area (Å²) in [5, 5.41) is 12.6. The molecule has 2 heterocycles. The predicted molar refractivity (Wildman–Crippen MR) is 80.1 cm³/mol. The van der Waals surface area contributed by atoms with Crippen molar-refractivity contribution in [1.29, 1.82) is 0 Å². The second-order valence-corrected chi connectivity index (χ2v) is 4.99. The number of hydrogen-bond acceptors (Lipinski definition) is 4. The van der Waals surface area contributed by atoms with Crippen LogP contribution in [0.2, 0.25) is 0 Å². The van der Waals surface area contributed by atoms with Crippen LogP contribution in [0, 0.1) is 0 Å². The summed E-state index contributed by atoms with van der Waals surface area (Å²) in [6.07, 6.45) is 1.43. The summed E-state index contributed by atoms with van der Waals surface area (Å²) in [5.74, 6) is 0.161. The number of fused-ring (bicyclic) bond motifs is 1. The van der Waals surface area contributed by atoms with Crippen LogP contribution in [-0.4, -0.2) is 20.1 Å². The van der Waals surface area contributed by atoms with Crippen molar-refractivity contribution >= 4 is 11.0 Å². The molecule has 0 fully saturated rings. The molecule has 3 rings (SSSR count). The molecule has 0 saturated heterocycles. The van der Waals surface area contributed by atoms with E-state index in [1.807, 2.05) is 25.1 Å². The van der Waals surface area contributed by atoms with E-state index in [2.05, 4.69) is 20.3 Å². The molecule has 0 spiro atoms. The number of nitrogens with zero attached hydrogens (tertiary/aromatic N) is 1. The first-order chi connectivity index (χ1) is 10.1. The minimum Gasteiger partial charge on any atom is -0.506 e. The van der Waals surface area contributed by atoms with E-state index in [0.29, 0.717) is 6.54 Å². The molecule has 0 saturated carbocycles. The Balaban J connectivity index is 1.72. The van der Waals surface area contributed by atoms with Crippen molar-refractivity contribution in [2.24, 2.45) is 0 Å². The Morgan fingerprint density at radius 1 is 1.24 bits per heavy atom. The van der Waals surface area contributed by atoms with Gasteiger partial charge in [-0.05, 0) is 36.8 Å². The number of imidazole rings is 1. The molecule has 6 nitrogen and oxygen atoms in total.